The lowest BCUT2D eigenvalue weighted by atomic mass is 10.0. The van der Waals surface area contributed by atoms with Crippen molar-refractivity contribution in [1.82, 2.24) is 5.32 Å². The second-order valence-electron chi connectivity index (χ2n) is 5.37. The van der Waals surface area contributed by atoms with Crippen molar-refractivity contribution in [3.05, 3.63) is 71.8 Å². The molecule has 0 unspecified atom stereocenters. The summed E-state index contributed by atoms with van der Waals surface area (Å²) in [6.07, 6.45) is 1.07. The van der Waals surface area contributed by atoms with E-state index in [1.807, 2.05) is 60.7 Å². The SMILES string of the molecule is N[C@@H](Cc1ccccc1)C(=O)N[C@H](CO)Cc1ccccc1. The van der Waals surface area contributed by atoms with Crippen LogP contribution in [0.15, 0.2) is 60.7 Å². The minimum atomic E-state index is -0.618. The van der Waals surface area contributed by atoms with Crippen molar-refractivity contribution in [1.29, 1.82) is 0 Å². The number of benzene rings is 2. The zero-order chi connectivity index (χ0) is 15.8. The average molecular weight is 298 g/mol. The van der Waals surface area contributed by atoms with Crippen molar-refractivity contribution in [2.24, 2.45) is 5.73 Å². The van der Waals surface area contributed by atoms with Crippen molar-refractivity contribution in [2.75, 3.05) is 6.61 Å². The van der Waals surface area contributed by atoms with E-state index < -0.39 is 6.04 Å². The van der Waals surface area contributed by atoms with Gasteiger partial charge in [0.1, 0.15) is 0 Å². The first-order chi connectivity index (χ1) is 10.7. The highest BCUT2D eigenvalue weighted by Gasteiger charge is 2.18. The molecule has 0 fully saturated rings. The Morgan fingerprint density at radius 3 is 1.95 bits per heavy atom. The Bertz CT molecular complexity index is 572. The van der Waals surface area contributed by atoms with E-state index >= 15 is 0 Å². The van der Waals surface area contributed by atoms with Crippen LogP contribution in [-0.2, 0) is 17.6 Å². The van der Waals surface area contributed by atoms with Crippen LogP contribution in [-0.4, -0.2) is 29.7 Å². The lowest BCUT2D eigenvalue weighted by Gasteiger charge is -2.19. The van der Waals surface area contributed by atoms with Gasteiger partial charge in [-0.1, -0.05) is 60.7 Å². The number of aliphatic hydroxyl groups is 1. The molecule has 4 heteroatoms. The van der Waals surface area contributed by atoms with Gasteiger partial charge in [0, 0.05) is 0 Å². The molecular formula is C18H22N2O2. The van der Waals surface area contributed by atoms with Crippen molar-refractivity contribution in [2.45, 2.75) is 24.9 Å². The van der Waals surface area contributed by atoms with Gasteiger partial charge in [0.05, 0.1) is 18.7 Å². The lowest BCUT2D eigenvalue weighted by Crippen LogP contribution is -2.48. The number of amides is 1. The van der Waals surface area contributed by atoms with Crippen LogP contribution in [0, 0.1) is 0 Å². The lowest BCUT2D eigenvalue weighted by molar-refractivity contribution is -0.123. The molecule has 116 valence electrons. The predicted octanol–water partition coefficient (Wildman–Crippen LogP) is 1.28. The molecule has 4 nitrogen and oxygen atoms in total. The first-order valence-electron chi connectivity index (χ1n) is 7.43. The Kier molecular flexibility index (Phi) is 6.13. The summed E-state index contributed by atoms with van der Waals surface area (Å²) in [6, 6.07) is 18.5. The van der Waals surface area contributed by atoms with E-state index in [1.54, 1.807) is 0 Å². The van der Waals surface area contributed by atoms with Crippen molar-refractivity contribution in [3.8, 4) is 0 Å². The maximum atomic E-state index is 12.2. The third kappa shape index (κ3) is 4.98. The van der Waals surface area contributed by atoms with Crippen LogP contribution in [0.4, 0.5) is 0 Å². The monoisotopic (exact) mass is 298 g/mol. The molecule has 0 aliphatic carbocycles. The van der Waals surface area contributed by atoms with E-state index in [0.29, 0.717) is 12.8 Å². The van der Waals surface area contributed by atoms with Gasteiger partial charge >= 0.3 is 0 Å². The summed E-state index contributed by atoms with van der Waals surface area (Å²) < 4.78 is 0. The molecular weight excluding hydrogens is 276 g/mol. The summed E-state index contributed by atoms with van der Waals surface area (Å²) in [6.45, 7) is -0.112. The molecule has 0 spiro atoms. The number of nitrogens with two attached hydrogens (primary N) is 1. The fourth-order valence-electron chi connectivity index (χ4n) is 2.33. The summed E-state index contributed by atoms with van der Waals surface area (Å²) in [4.78, 5) is 12.2. The maximum absolute atomic E-state index is 12.2. The van der Waals surface area contributed by atoms with Gasteiger partial charge in [-0.05, 0) is 24.0 Å². The third-order valence-electron chi connectivity index (χ3n) is 3.53. The number of carbonyl (C=O) groups is 1. The molecule has 2 aromatic carbocycles. The smallest absolute Gasteiger partial charge is 0.237 e. The molecule has 0 heterocycles. The third-order valence-corrected chi connectivity index (χ3v) is 3.53. The molecule has 2 atom stereocenters. The number of carbonyl (C=O) groups excluding carboxylic acids is 1. The van der Waals surface area contributed by atoms with Gasteiger partial charge in [0.25, 0.3) is 0 Å². The summed E-state index contributed by atoms with van der Waals surface area (Å²) in [5.74, 6) is -0.237. The van der Waals surface area contributed by atoms with E-state index in [1.165, 1.54) is 0 Å². The highest BCUT2D eigenvalue weighted by Crippen LogP contribution is 2.05. The summed E-state index contributed by atoms with van der Waals surface area (Å²) in [5.41, 5.74) is 8.04. The van der Waals surface area contributed by atoms with Gasteiger partial charge in [-0.15, -0.1) is 0 Å². The van der Waals surface area contributed by atoms with Crippen LogP contribution in [0.1, 0.15) is 11.1 Å². The van der Waals surface area contributed by atoms with Crippen LogP contribution in [0.2, 0.25) is 0 Å². The summed E-state index contributed by atoms with van der Waals surface area (Å²) in [7, 11) is 0. The van der Waals surface area contributed by atoms with E-state index in [0.717, 1.165) is 11.1 Å². The van der Waals surface area contributed by atoms with Crippen LogP contribution in [0.3, 0.4) is 0 Å². The molecule has 0 saturated carbocycles. The van der Waals surface area contributed by atoms with E-state index in [2.05, 4.69) is 5.32 Å². The highest BCUT2D eigenvalue weighted by molar-refractivity contribution is 5.82. The quantitative estimate of drug-likeness (QED) is 0.721. The standard InChI is InChI=1S/C18H22N2O2/c19-17(12-15-9-5-2-6-10-15)18(22)20-16(13-21)11-14-7-3-1-4-8-14/h1-10,16-17,21H,11-13,19H2,(H,20,22)/t16-,17-/m0/s1. The predicted molar refractivity (Wildman–Crippen MR) is 87.3 cm³/mol. The fraction of sp³-hybridized carbons (Fsp3) is 0.278. The molecule has 0 aliphatic rings. The number of hydrogen-bond acceptors (Lipinski definition) is 3. The molecule has 0 aromatic heterocycles. The van der Waals surface area contributed by atoms with Gasteiger partial charge in [0.2, 0.25) is 5.91 Å². The topological polar surface area (TPSA) is 75.4 Å². The highest BCUT2D eigenvalue weighted by atomic mass is 16.3. The van der Waals surface area contributed by atoms with Gasteiger partial charge < -0.3 is 16.2 Å². The fourth-order valence-corrected chi connectivity index (χ4v) is 2.33. The zero-order valence-electron chi connectivity index (χ0n) is 12.5. The van der Waals surface area contributed by atoms with Crippen molar-refractivity contribution in [3.63, 3.8) is 0 Å². The molecule has 2 aromatic rings. The van der Waals surface area contributed by atoms with Gasteiger partial charge in [-0.25, -0.2) is 0 Å². The number of aliphatic hydroxyl groups excluding tert-OH is 1. The van der Waals surface area contributed by atoms with Crippen molar-refractivity contribution < 1.29 is 9.90 Å². The zero-order valence-corrected chi connectivity index (χ0v) is 12.5. The van der Waals surface area contributed by atoms with Crippen LogP contribution in [0.5, 0.6) is 0 Å². The van der Waals surface area contributed by atoms with Gasteiger partial charge in [0.15, 0.2) is 0 Å². The van der Waals surface area contributed by atoms with Gasteiger partial charge in [-0.3, -0.25) is 4.79 Å². The van der Waals surface area contributed by atoms with E-state index in [9.17, 15) is 9.90 Å². The van der Waals surface area contributed by atoms with Crippen LogP contribution in [0.25, 0.3) is 0 Å². The average Bonchev–Trinajstić information content (AvgIpc) is 2.56. The second kappa shape index (κ2) is 8.32. The van der Waals surface area contributed by atoms with Crippen LogP contribution < -0.4 is 11.1 Å². The maximum Gasteiger partial charge on any atom is 0.237 e. The Labute approximate surface area is 131 Å². The molecule has 4 N–H and O–H groups in total. The Morgan fingerprint density at radius 2 is 1.45 bits per heavy atom. The minimum Gasteiger partial charge on any atom is -0.394 e. The Morgan fingerprint density at radius 1 is 0.955 bits per heavy atom. The van der Waals surface area contributed by atoms with Gasteiger partial charge in [-0.2, -0.15) is 0 Å². The molecule has 2 rings (SSSR count). The molecule has 22 heavy (non-hydrogen) atoms. The number of nitrogens with one attached hydrogen (secondary N) is 1. The van der Waals surface area contributed by atoms with Crippen LogP contribution >= 0.6 is 0 Å². The number of hydrogen-bond donors (Lipinski definition) is 3. The Balaban J connectivity index is 1.88. The molecule has 0 bridgehead atoms. The normalized spacial score (nSPS) is 13.4. The first kappa shape index (κ1) is 16.2. The van der Waals surface area contributed by atoms with Crippen molar-refractivity contribution >= 4 is 5.91 Å². The summed E-state index contributed by atoms with van der Waals surface area (Å²) >= 11 is 0. The molecule has 0 aliphatic heterocycles. The molecule has 1 amide bonds. The first-order valence-corrected chi connectivity index (χ1v) is 7.43. The minimum absolute atomic E-state index is 0.112. The largest absolute Gasteiger partial charge is 0.394 e. The molecule has 0 radical (unpaired) electrons. The molecule has 0 saturated heterocycles. The second-order valence-corrected chi connectivity index (χ2v) is 5.37. The summed E-state index contributed by atoms with van der Waals surface area (Å²) in [5, 5.41) is 12.3. The Hall–Kier alpha value is -2.17. The van der Waals surface area contributed by atoms with E-state index in [-0.39, 0.29) is 18.6 Å². The van der Waals surface area contributed by atoms with E-state index in [4.69, 9.17) is 5.73 Å². The number of rotatable bonds is 7.